The molecule has 22 heavy (non-hydrogen) atoms. The highest BCUT2D eigenvalue weighted by atomic mass is 35.5. The molecule has 0 aromatic carbocycles. The van der Waals surface area contributed by atoms with Crippen molar-refractivity contribution in [1.29, 1.82) is 0 Å². The Morgan fingerprint density at radius 1 is 1.50 bits per heavy atom. The molecule has 2 rings (SSSR count). The molecule has 0 aliphatic heterocycles. The number of rotatable bonds is 5. The van der Waals surface area contributed by atoms with E-state index in [9.17, 15) is 9.90 Å². The summed E-state index contributed by atoms with van der Waals surface area (Å²) in [6, 6.07) is 5.59. The first-order valence-electron chi connectivity index (χ1n) is 7.14. The summed E-state index contributed by atoms with van der Waals surface area (Å²) in [6.07, 6.45) is 4.95. The molecule has 0 unspecified atom stereocenters. The van der Waals surface area contributed by atoms with Gasteiger partial charge in [-0.1, -0.05) is 17.7 Å². The van der Waals surface area contributed by atoms with Crippen LogP contribution in [-0.2, 0) is 4.79 Å². The van der Waals surface area contributed by atoms with Crippen molar-refractivity contribution < 1.29 is 9.90 Å². The number of pyridine rings is 1. The lowest BCUT2D eigenvalue weighted by Crippen LogP contribution is -2.41. The van der Waals surface area contributed by atoms with Crippen molar-refractivity contribution in [2.75, 3.05) is 13.1 Å². The van der Waals surface area contributed by atoms with Crippen LogP contribution in [0.1, 0.15) is 26.5 Å². The molecular weight excluding hydrogens is 302 g/mol. The first kappa shape index (κ1) is 16.5. The van der Waals surface area contributed by atoms with Crippen molar-refractivity contribution in [2.24, 2.45) is 0 Å². The largest absolute Gasteiger partial charge is 0.389 e. The lowest BCUT2D eigenvalue weighted by molar-refractivity contribution is -0.128. The average Bonchev–Trinajstić information content (AvgIpc) is 2.76. The van der Waals surface area contributed by atoms with Gasteiger partial charge >= 0.3 is 0 Å². The van der Waals surface area contributed by atoms with E-state index in [-0.39, 0.29) is 12.5 Å². The highest BCUT2D eigenvalue weighted by Crippen LogP contribution is 2.19. The SMILES string of the molecule is CCN(CC(C)(C)O)C(=O)C=Cc1c(Cl)nc2ccccn12. The van der Waals surface area contributed by atoms with Gasteiger partial charge < -0.3 is 10.0 Å². The normalized spacial score (nSPS) is 12.2. The summed E-state index contributed by atoms with van der Waals surface area (Å²) in [4.78, 5) is 18.1. The Labute approximate surface area is 134 Å². The van der Waals surface area contributed by atoms with E-state index in [1.54, 1.807) is 24.8 Å². The van der Waals surface area contributed by atoms with Crippen LogP contribution in [0.4, 0.5) is 0 Å². The van der Waals surface area contributed by atoms with Crippen LogP contribution < -0.4 is 0 Å². The first-order chi connectivity index (χ1) is 10.3. The Bertz CT molecular complexity index is 701. The van der Waals surface area contributed by atoms with Crippen LogP contribution in [0, 0.1) is 0 Å². The molecule has 0 saturated carbocycles. The van der Waals surface area contributed by atoms with E-state index in [2.05, 4.69) is 4.98 Å². The number of fused-ring (bicyclic) bond motifs is 1. The van der Waals surface area contributed by atoms with Crippen molar-refractivity contribution in [3.8, 4) is 0 Å². The summed E-state index contributed by atoms with van der Waals surface area (Å²) >= 11 is 6.12. The minimum Gasteiger partial charge on any atom is -0.389 e. The molecule has 5 nitrogen and oxygen atoms in total. The Morgan fingerprint density at radius 2 is 2.23 bits per heavy atom. The summed E-state index contributed by atoms with van der Waals surface area (Å²) in [5.74, 6) is -0.174. The molecule has 0 aliphatic carbocycles. The van der Waals surface area contributed by atoms with Crippen LogP contribution in [0.3, 0.4) is 0 Å². The fraction of sp³-hybridized carbons (Fsp3) is 0.375. The third kappa shape index (κ3) is 3.87. The zero-order valence-corrected chi connectivity index (χ0v) is 13.7. The number of aliphatic hydroxyl groups is 1. The molecule has 0 radical (unpaired) electrons. The van der Waals surface area contributed by atoms with Gasteiger partial charge in [0.1, 0.15) is 5.65 Å². The molecule has 2 heterocycles. The Kier molecular flexibility index (Phi) is 4.88. The van der Waals surface area contributed by atoms with Crippen molar-refractivity contribution in [3.63, 3.8) is 0 Å². The number of hydrogen-bond donors (Lipinski definition) is 1. The second-order valence-electron chi connectivity index (χ2n) is 5.71. The van der Waals surface area contributed by atoms with E-state index in [0.29, 0.717) is 17.4 Å². The minimum atomic E-state index is -0.930. The first-order valence-corrected chi connectivity index (χ1v) is 7.51. The third-order valence-electron chi connectivity index (χ3n) is 3.18. The van der Waals surface area contributed by atoms with Crippen molar-refractivity contribution in [1.82, 2.24) is 14.3 Å². The topological polar surface area (TPSA) is 57.8 Å². The summed E-state index contributed by atoms with van der Waals surface area (Å²) in [6.45, 7) is 6.02. The lowest BCUT2D eigenvalue weighted by Gasteiger charge is -2.27. The number of imidazole rings is 1. The maximum Gasteiger partial charge on any atom is 0.246 e. The van der Waals surface area contributed by atoms with Gasteiger partial charge in [-0.05, 0) is 39.0 Å². The second kappa shape index (κ2) is 6.50. The second-order valence-corrected chi connectivity index (χ2v) is 6.07. The van der Waals surface area contributed by atoms with E-state index < -0.39 is 5.60 Å². The molecule has 1 amide bonds. The molecule has 2 aromatic heterocycles. The molecule has 0 atom stereocenters. The van der Waals surface area contributed by atoms with Crippen LogP contribution in [-0.4, -0.2) is 44.0 Å². The van der Waals surface area contributed by atoms with Gasteiger partial charge in [0.05, 0.1) is 11.3 Å². The van der Waals surface area contributed by atoms with Crippen LogP contribution in [0.5, 0.6) is 0 Å². The number of carbonyl (C=O) groups excluding carboxylic acids is 1. The number of halogens is 1. The smallest absolute Gasteiger partial charge is 0.246 e. The third-order valence-corrected chi connectivity index (χ3v) is 3.46. The van der Waals surface area contributed by atoms with Gasteiger partial charge in [-0.3, -0.25) is 9.20 Å². The molecule has 118 valence electrons. The summed E-state index contributed by atoms with van der Waals surface area (Å²) in [7, 11) is 0. The number of nitrogens with zero attached hydrogens (tertiary/aromatic N) is 3. The zero-order valence-electron chi connectivity index (χ0n) is 13.0. The Hall–Kier alpha value is -1.85. The predicted octanol–water partition coefficient (Wildman–Crippen LogP) is 2.62. The van der Waals surface area contributed by atoms with E-state index in [0.717, 1.165) is 5.65 Å². The van der Waals surface area contributed by atoms with Crippen molar-refractivity contribution >= 4 is 29.2 Å². The standard InChI is InChI=1S/C16H20ClN3O2/c1-4-19(11-16(2,3)22)14(21)9-8-12-15(17)18-13-7-5-6-10-20(12)13/h5-10,22H,4,11H2,1-3H3. The minimum absolute atomic E-state index is 0.174. The van der Waals surface area contributed by atoms with Gasteiger partial charge in [0.2, 0.25) is 5.91 Å². The van der Waals surface area contributed by atoms with Crippen LogP contribution in [0.2, 0.25) is 5.15 Å². The number of hydrogen-bond acceptors (Lipinski definition) is 3. The average molecular weight is 322 g/mol. The quantitative estimate of drug-likeness (QED) is 0.861. The van der Waals surface area contributed by atoms with E-state index >= 15 is 0 Å². The van der Waals surface area contributed by atoms with Gasteiger partial charge in [-0.25, -0.2) is 4.98 Å². The van der Waals surface area contributed by atoms with Crippen LogP contribution in [0.15, 0.2) is 30.5 Å². The van der Waals surface area contributed by atoms with Gasteiger partial charge in [-0.15, -0.1) is 0 Å². The molecule has 0 spiro atoms. The fourth-order valence-corrected chi connectivity index (χ4v) is 2.44. The number of likely N-dealkylation sites (N-methyl/N-ethyl adjacent to an activating group) is 1. The maximum atomic E-state index is 12.2. The molecule has 0 fully saturated rings. The summed E-state index contributed by atoms with van der Waals surface area (Å²) < 4.78 is 1.82. The van der Waals surface area contributed by atoms with E-state index in [4.69, 9.17) is 11.6 Å². The molecule has 0 bridgehead atoms. The van der Waals surface area contributed by atoms with E-state index in [1.807, 2.05) is 35.7 Å². The molecule has 0 saturated heterocycles. The molecule has 6 heteroatoms. The molecule has 0 aliphatic rings. The van der Waals surface area contributed by atoms with E-state index in [1.165, 1.54) is 6.08 Å². The molecule has 2 aromatic rings. The van der Waals surface area contributed by atoms with Gasteiger partial charge in [0, 0.05) is 25.4 Å². The molecular formula is C16H20ClN3O2. The number of carbonyl (C=O) groups is 1. The van der Waals surface area contributed by atoms with Gasteiger partial charge in [0.15, 0.2) is 5.15 Å². The fourth-order valence-electron chi connectivity index (χ4n) is 2.20. The van der Waals surface area contributed by atoms with Gasteiger partial charge in [0.25, 0.3) is 0 Å². The highest BCUT2D eigenvalue weighted by molar-refractivity contribution is 6.31. The Morgan fingerprint density at radius 3 is 2.86 bits per heavy atom. The van der Waals surface area contributed by atoms with Crippen LogP contribution >= 0.6 is 11.6 Å². The highest BCUT2D eigenvalue weighted by Gasteiger charge is 2.20. The summed E-state index contributed by atoms with van der Waals surface area (Å²) in [5.41, 5.74) is 0.453. The summed E-state index contributed by atoms with van der Waals surface area (Å²) in [5, 5.41) is 10.2. The molecule has 1 N–H and O–H groups in total. The van der Waals surface area contributed by atoms with Crippen molar-refractivity contribution in [3.05, 3.63) is 41.3 Å². The lowest BCUT2D eigenvalue weighted by atomic mass is 10.1. The Balaban J connectivity index is 2.22. The van der Waals surface area contributed by atoms with Crippen molar-refractivity contribution in [2.45, 2.75) is 26.4 Å². The maximum absolute atomic E-state index is 12.2. The monoisotopic (exact) mass is 321 g/mol. The number of amides is 1. The van der Waals surface area contributed by atoms with Crippen LogP contribution in [0.25, 0.3) is 11.7 Å². The predicted molar refractivity (Wildman–Crippen MR) is 87.8 cm³/mol. The zero-order chi connectivity index (χ0) is 16.3. The van der Waals surface area contributed by atoms with Gasteiger partial charge in [-0.2, -0.15) is 0 Å². The number of aromatic nitrogens is 2.